The van der Waals surface area contributed by atoms with Crippen LogP contribution in [0.25, 0.3) is 0 Å². The van der Waals surface area contributed by atoms with Crippen LogP contribution in [0.1, 0.15) is 15.9 Å². The van der Waals surface area contributed by atoms with Crippen LogP contribution in [0.5, 0.6) is 17.4 Å². The molecule has 0 amide bonds. The SMILES string of the molecule is COc1cc(Br)c(Oc2ncc(C=O)cc2C)cc1Br. The van der Waals surface area contributed by atoms with Crippen LogP contribution in [0.2, 0.25) is 0 Å². The Morgan fingerprint density at radius 1 is 1.15 bits per heavy atom. The molecule has 0 saturated carbocycles. The molecule has 0 radical (unpaired) electrons. The predicted octanol–water partition coefficient (Wildman–Crippen LogP) is 4.53. The molecule has 0 aliphatic heterocycles. The van der Waals surface area contributed by atoms with Gasteiger partial charge in [0.05, 0.1) is 16.1 Å². The molecule has 104 valence electrons. The van der Waals surface area contributed by atoms with Crippen molar-refractivity contribution in [1.29, 1.82) is 0 Å². The van der Waals surface area contributed by atoms with Gasteiger partial charge in [-0.15, -0.1) is 0 Å². The lowest BCUT2D eigenvalue weighted by Crippen LogP contribution is -1.95. The number of methoxy groups -OCH3 is 1. The number of hydrogen-bond donors (Lipinski definition) is 0. The van der Waals surface area contributed by atoms with E-state index >= 15 is 0 Å². The summed E-state index contributed by atoms with van der Waals surface area (Å²) >= 11 is 6.83. The van der Waals surface area contributed by atoms with Gasteiger partial charge in [0.1, 0.15) is 11.5 Å². The number of benzene rings is 1. The first-order valence-electron chi connectivity index (χ1n) is 5.68. The Balaban J connectivity index is 2.35. The highest BCUT2D eigenvalue weighted by molar-refractivity contribution is 9.11. The minimum atomic E-state index is 0.452. The summed E-state index contributed by atoms with van der Waals surface area (Å²) in [4.78, 5) is 14.8. The van der Waals surface area contributed by atoms with Gasteiger partial charge in [0, 0.05) is 17.3 Å². The third-order valence-corrected chi connectivity index (χ3v) is 3.84. The van der Waals surface area contributed by atoms with Gasteiger partial charge < -0.3 is 9.47 Å². The fourth-order valence-electron chi connectivity index (χ4n) is 1.60. The zero-order valence-corrected chi connectivity index (χ0v) is 14.0. The zero-order chi connectivity index (χ0) is 14.7. The average Bonchev–Trinajstić information content (AvgIpc) is 2.44. The smallest absolute Gasteiger partial charge is 0.222 e. The summed E-state index contributed by atoms with van der Waals surface area (Å²) in [5.74, 6) is 1.76. The number of rotatable bonds is 4. The van der Waals surface area contributed by atoms with Gasteiger partial charge in [0.25, 0.3) is 0 Å². The number of aldehydes is 1. The number of carbonyl (C=O) groups is 1. The second-order valence-electron chi connectivity index (χ2n) is 4.03. The Morgan fingerprint density at radius 2 is 1.80 bits per heavy atom. The lowest BCUT2D eigenvalue weighted by molar-refractivity contribution is 0.112. The van der Waals surface area contributed by atoms with E-state index in [0.29, 0.717) is 22.9 Å². The van der Waals surface area contributed by atoms with Crippen molar-refractivity contribution in [3.05, 3.63) is 44.5 Å². The van der Waals surface area contributed by atoms with Crippen molar-refractivity contribution in [3.63, 3.8) is 0 Å². The largest absolute Gasteiger partial charge is 0.496 e. The van der Waals surface area contributed by atoms with Crippen molar-refractivity contribution in [2.45, 2.75) is 6.92 Å². The molecule has 0 aliphatic carbocycles. The molecule has 0 atom stereocenters. The topological polar surface area (TPSA) is 48.4 Å². The summed E-state index contributed by atoms with van der Waals surface area (Å²) in [6.07, 6.45) is 2.23. The number of aryl methyl sites for hydroxylation is 1. The molecule has 0 saturated heterocycles. The Hall–Kier alpha value is -1.40. The normalized spacial score (nSPS) is 10.2. The molecular formula is C14H11Br2NO3. The van der Waals surface area contributed by atoms with Crippen molar-refractivity contribution in [1.82, 2.24) is 4.98 Å². The monoisotopic (exact) mass is 399 g/mol. The van der Waals surface area contributed by atoms with E-state index in [0.717, 1.165) is 20.8 Å². The Morgan fingerprint density at radius 3 is 2.40 bits per heavy atom. The van der Waals surface area contributed by atoms with Crippen LogP contribution >= 0.6 is 31.9 Å². The van der Waals surface area contributed by atoms with E-state index < -0.39 is 0 Å². The van der Waals surface area contributed by atoms with Crippen molar-refractivity contribution in [2.24, 2.45) is 0 Å². The number of aromatic nitrogens is 1. The van der Waals surface area contributed by atoms with E-state index in [9.17, 15) is 4.79 Å². The molecule has 6 heteroatoms. The third kappa shape index (κ3) is 3.19. The molecule has 4 nitrogen and oxygen atoms in total. The van der Waals surface area contributed by atoms with Gasteiger partial charge in [0.15, 0.2) is 6.29 Å². The molecule has 1 aromatic carbocycles. The number of carbonyl (C=O) groups excluding carboxylic acids is 1. The van der Waals surface area contributed by atoms with E-state index in [4.69, 9.17) is 9.47 Å². The standard InChI is InChI=1S/C14H11Br2NO3/c1-8-3-9(7-18)6-17-14(8)20-13-5-10(15)12(19-2)4-11(13)16/h3-7H,1-2H3. The Bertz CT molecular complexity index is 659. The second kappa shape index (κ2) is 6.37. The van der Waals surface area contributed by atoms with E-state index in [2.05, 4.69) is 36.8 Å². The Labute approximate surface area is 133 Å². The maximum absolute atomic E-state index is 10.7. The molecule has 1 aromatic heterocycles. The quantitative estimate of drug-likeness (QED) is 0.707. The zero-order valence-electron chi connectivity index (χ0n) is 10.8. The Kier molecular flexibility index (Phi) is 4.77. The minimum absolute atomic E-state index is 0.452. The summed E-state index contributed by atoms with van der Waals surface area (Å²) in [5, 5.41) is 0. The maximum Gasteiger partial charge on any atom is 0.222 e. The molecule has 0 spiro atoms. The highest BCUT2D eigenvalue weighted by atomic mass is 79.9. The lowest BCUT2D eigenvalue weighted by Gasteiger charge is -2.11. The summed E-state index contributed by atoms with van der Waals surface area (Å²) in [5.41, 5.74) is 1.30. The van der Waals surface area contributed by atoms with Crippen LogP contribution in [-0.2, 0) is 0 Å². The first-order valence-corrected chi connectivity index (χ1v) is 7.26. The van der Waals surface area contributed by atoms with Crippen LogP contribution in [0.3, 0.4) is 0 Å². The van der Waals surface area contributed by atoms with Gasteiger partial charge in [0.2, 0.25) is 5.88 Å². The first kappa shape index (κ1) is 15.0. The first-order chi connectivity index (χ1) is 9.55. The number of ether oxygens (including phenoxy) is 2. The maximum atomic E-state index is 10.7. The summed E-state index contributed by atoms with van der Waals surface area (Å²) in [6.45, 7) is 1.84. The van der Waals surface area contributed by atoms with Crippen LogP contribution in [0.4, 0.5) is 0 Å². The van der Waals surface area contributed by atoms with E-state index in [-0.39, 0.29) is 0 Å². The molecule has 0 fully saturated rings. The molecule has 0 N–H and O–H groups in total. The molecule has 2 rings (SSSR count). The third-order valence-electron chi connectivity index (χ3n) is 2.60. The van der Waals surface area contributed by atoms with Gasteiger partial charge in [-0.2, -0.15) is 0 Å². The molecule has 2 aromatic rings. The highest BCUT2D eigenvalue weighted by Gasteiger charge is 2.11. The van der Waals surface area contributed by atoms with Gasteiger partial charge >= 0.3 is 0 Å². The van der Waals surface area contributed by atoms with Crippen molar-refractivity contribution in [2.75, 3.05) is 7.11 Å². The molecule has 0 unspecified atom stereocenters. The summed E-state index contributed by atoms with van der Waals surface area (Å²) in [7, 11) is 1.59. The molecule has 0 aliphatic rings. The van der Waals surface area contributed by atoms with Crippen LogP contribution in [0, 0.1) is 6.92 Å². The van der Waals surface area contributed by atoms with Crippen molar-refractivity contribution >= 4 is 38.1 Å². The fourth-order valence-corrected chi connectivity index (χ4v) is 2.49. The van der Waals surface area contributed by atoms with Crippen LogP contribution < -0.4 is 9.47 Å². The van der Waals surface area contributed by atoms with Crippen molar-refractivity contribution < 1.29 is 14.3 Å². The van der Waals surface area contributed by atoms with Gasteiger partial charge in [-0.25, -0.2) is 4.98 Å². The van der Waals surface area contributed by atoms with Crippen LogP contribution in [-0.4, -0.2) is 18.4 Å². The predicted molar refractivity (Wildman–Crippen MR) is 82.8 cm³/mol. The average molecular weight is 401 g/mol. The van der Waals surface area contributed by atoms with Gasteiger partial charge in [-0.3, -0.25) is 4.79 Å². The number of pyridine rings is 1. The van der Waals surface area contributed by atoms with E-state index in [1.165, 1.54) is 6.20 Å². The number of halogens is 2. The fraction of sp³-hybridized carbons (Fsp3) is 0.143. The van der Waals surface area contributed by atoms with Gasteiger partial charge in [-0.05, 0) is 57.0 Å². The molecule has 20 heavy (non-hydrogen) atoms. The number of nitrogens with zero attached hydrogens (tertiary/aromatic N) is 1. The minimum Gasteiger partial charge on any atom is -0.496 e. The molecule has 1 heterocycles. The lowest BCUT2D eigenvalue weighted by atomic mass is 10.2. The van der Waals surface area contributed by atoms with E-state index in [1.807, 2.05) is 6.92 Å². The van der Waals surface area contributed by atoms with Gasteiger partial charge in [-0.1, -0.05) is 0 Å². The second-order valence-corrected chi connectivity index (χ2v) is 5.74. The van der Waals surface area contributed by atoms with Crippen molar-refractivity contribution in [3.8, 4) is 17.4 Å². The summed E-state index contributed by atoms with van der Waals surface area (Å²) < 4.78 is 12.5. The van der Waals surface area contributed by atoms with Crippen LogP contribution in [0.15, 0.2) is 33.3 Å². The summed E-state index contributed by atoms with van der Waals surface area (Å²) in [6, 6.07) is 5.31. The number of hydrogen-bond acceptors (Lipinski definition) is 4. The molecule has 0 bridgehead atoms. The highest BCUT2D eigenvalue weighted by Crippen LogP contribution is 2.38. The molecular weight excluding hydrogens is 390 g/mol. The van der Waals surface area contributed by atoms with E-state index in [1.54, 1.807) is 25.3 Å².